The van der Waals surface area contributed by atoms with Crippen molar-refractivity contribution in [1.29, 1.82) is 0 Å². The number of nitrogens with zero attached hydrogens (tertiary/aromatic N) is 2. The average molecular weight is 349 g/mol. The number of aromatic nitrogens is 1. The zero-order chi connectivity index (χ0) is 18.7. The van der Waals surface area contributed by atoms with Gasteiger partial charge >= 0.3 is 5.97 Å². The van der Waals surface area contributed by atoms with Crippen LogP contribution in [0.1, 0.15) is 51.9 Å². The summed E-state index contributed by atoms with van der Waals surface area (Å²) in [5, 5.41) is 0. The smallest absolute Gasteiger partial charge is 0.339 e. The molecule has 2 rings (SSSR count). The van der Waals surface area contributed by atoms with Gasteiger partial charge in [0.1, 0.15) is 0 Å². The highest BCUT2D eigenvalue weighted by molar-refractivity contribution is 6.03. The Balaban J connectivity index is 2.11. The summed E-state index contributed by atoms with van der Waals surface area (Å²) < 4.78 is 4.78. The fourth-order valence-corrected chi connectivity index (χ4v) is 3.23. The first-order chi connectivity index (χ1) is 11.8. The molecule has 7 heteroatoms. The van der Waals surface area contributed by atoms with Gasteiger partial charge in [0.2, 0.25) is 5.91 Å². The second-order valence-corrected chi connectivity index (χ2v) is 6.66. The quantitative estimate of drug-likeness (QED) is 0.622. The third kappa shape index (κ3) is 3.92. The minimum Gasteiger partial charge on any atom is -0.465 e. The minimum absolute atomic E-state index is 0.0503. The maximum Gasteiger partial charge on any atom is 0.339 e. The van der Waals surface area contributed by atoms with Gasteiger partial charge in [-0.25, -0.2) is 4.79 Å². The fraction of sp³-hybridized carbons (Fsp3) is 0.611. The standard InChI is InChI=1S/C18H27N3O4/c1-11-15(18(24)25-5)12(2)19-16(11)17(23)13(3)20(4)10-14(22)21-8-6-7-9-21/h13,19H,6-10H2,1-5H3. The number of hydrogen-bond donors (Lipinski definition) is 1. The number of methoxy groups -OCH3 is 1. The summed E-state index contributed by atoms with van der Waals surface area (Å²) in [6.45, 7) is 7.04. The van der Waals surface area contributed by atoms with Crippen LogP contribution in [0.15, 0.2) is 0 Å². The molecule has 7 nitrogen and oxygen atoms in total. The summed E-state index contributed by atoms with van der Waals surface area (Å²) in [5.74, 6) is -0.558. The van der Waals surface area contributed by atoms with Crippen molar-refractivity contribution in [2.45, 2.75) is 39.7 Å². The van der Waals surface area contributed by atoms with Crippen LogP contribution < -0.4 is 0 Å². The lowest BCUT2D eigenvalue weighted by Gasteiger charge is -2.25. The molecule has 1 N–H and O–H groups in total. The molecule has 0 aromatic carbocycles. The normalized spacial score (nSPS) is 15.5. The van der Waals surface area contributed by atoms with Gasteiger partial charge in [-0.3, -0.25) is 14.5 Å². The van der Waals surface area contributed by atoms with Crippen molar-refractivity contribution in [3.63, 3.8) is 0 Å². The first-order valence-corrected chi connectivity index (χ1v) is 8.57. The van der Waals surface area contributed by atoms with Gasteiger partial charge in [0.25, 0.3) is 0 Å². The molecule has 0 saturated carbocycles. The van der Waals surface area contributed by atoms with Crippen molar-refractivity contribution in [2.24, 2.45) is 0 Å². The van der Waals surface area contributed by atoms with E-state index in [0.717, 1.165) is 25.9 Å². The fourth-order valence-electron chi connectivity index (χ4n) is 3.23. The van der Waals surface area contributed by atoms with E-state index in [4.69, 9.17) is 4.74 Å². The lowest BCUT2D eigenvalue weighted by Crippen LogP contribution is -2.44. The van der Waals surface area contributed by atoms with Gasteiger partial charge in [0.05, 0.1) is 31.0 Å². The SMILES string of the molecule is COC(=O)c1c(C)[nH]c(C(=O)C(C)N(C)CC(=O)N2CCCC2)c1C. The number of carbonyl (C=O) groups is 3. The molecule has 1 fully saturated rings. The molecular formula is C18H27N3O4. The van der Waals surface area contributed by atoms with Crippen LogP contribution in [0.3, 0.4) is 0 Å². The lowest BCUT2D eigenvalue weighted by molar-refractivity contribution is -0.131. The molecule has 0 aliphatic carbocycles. The highest BCUT2D eigenvalue weighted by Gasteiger charge is 2.29. The number of nitrogens with one attached hydrogen (secondary N) is 1. The Morgan fingerprint density at radius 2 is 1.84 bits per heavy atom. The molecule has 1 aromatic rings. The number of carbonyl (C=O) groups excluding carboxylic acids is 3. The van der Waals surface area contributed by atoms with Crippen LogP contribution in [0.5, 0.6) is 0 Å². The predicted molar refractivity (Wildman–Crippen MR) is 93.8 cm³/mol. The van der Waals surface area contributed by atoms with Crippen molar-refractivity contribution in [1.82, 2.24) is 14.8 Å². The van der Waals surface area contributed by atoms with Gasteiger partial charge in [0.15, 0.2) is 5.78 Å². The van der Waals surface area contributed by atoms with Crippen molar-refractivity contribution in [3.05, 3.63) is 22.5 Å². The predicted octanol–water partition coefficient (Wildman–Crippen LogP) is 1.54. The van der Waals surface area contributed by atoms with E-state index in [1.54, 1.807) is 32.7 Å². The minimum atomic E-state index is -0.478. The Morgan fingerprint density at radius 1 is 1.24 bits per heavy atom. The van der Waals surface area contributed by atoms with Gasteiger partial charge < -0.3 is 14.6 Å². The van der Waals surface area contributed by atoms with Gasteiger partial charge in [-0.05, 0) is 46.2 Å². The highest BCUT2D eigenvalue weighted by Crippen LogP contribution is 2.21. The number of aromatic amines is 1. The van der Waals surface area contributed by atoms with Gasteiger partial charge in [-0.15, -0.1) is 0 Å². The van der Waals surface area contributed by atoms with Crippen molar-refractivity contribution in [2.75, 3.05) is 33.8 Å². The van der Waals surface area contributed by atoms with Gasteiger partial charge in [-0.1, -0.05) is 0 Å². The molecule has 0 spiro atoms. The highest BCUT2D eigenvalue weighted by atomic mass is 16.5. The molecule has 1 aliphatic rings. The number of likely N-dealkylation sites (tertiary alicyclic amines) is 1. The van der Waals surface area contributed by atoms with E-state index in [2.05, 4.69) is 4.98 Å². The number of ketones is 1. The molecular weight excluding hydrogens is 322 g/mol. The maximum atomic E-state index is 12.8. The third-order valence-corrected chi connectivity index (χ3v) is 4.96. The van der Waals surface area contributed by atoms with Crippen LogP contribution in [0.2, 0.25) is 0 Å². The number of aryl methyl sites for hydroxylation is 1. The first kappa shape index (κ1) is 19.2. The Bertz CT molecular complexity index is 674. The van der Waals surface area contributed by atoms with E-state index < -0.39 is 12.0 Å². The molecule has 1 atom stereocenters. The molecule has 138 valence electrons. The van der Waals surface area contributed by atoms with Crippen LogP contribution in [0.25, 0.3) is 0 Å². The summed E-state index contributed by atoms with van der Waals surface area (Å²) in [4.78, 5) is 43.6. The Labute approximate surface area is 148 Å². The number of likely N-dealkylation sites (N-methyl/N-ethyl adjacent to an activating group) is 1. The van der Waals surface area contributed by atoms with E-state index in [0.29, 0.717) is 22.5 Å². The molecule has 1 saturated heterocycles. The number of Topliss-reactive ketones (excluding diaryl/α,β-unsaturated/α-hetero) is 1. The molecule has 0 radical (unpaired) electrons. The number of rotatable bonds is 6. The van der Waals surface area contributed by atoms with Crippen LogP contribution >= 0.6 is 0 Å². The Hall–Kier alpha value is -2.15. The van der Waals surface area contributed by atoms with E-state index >= 15 is 0 Å². The average Bonchev–Trinajstić information content (AvgIpc) is 3.21. The molecule has 0 bridgehead atoms. The summed E-state index contributed by atoms with van der Waals surface area (Å²) in [5.41, 5.74) is 1.98. The van der Waals surface area contributed by atoms with Gasteiger partial charge in [0, 0.05) is 18.8 Å². The van der Waals surface area contributed by atoms with Crippen LogP contribution in [0.4, 0.5) is 0 Å². The van der Waals surface area contributed by atoms with E-state index in [-0.39, 0.29) is 18.2 Å². The summed E-state index contributed by atoms with van der Waals surface area (Å²) in [6, 6.07) is -0.478. The maximum absolute atomic E-state index is 12.8. The summed E-state index contributed by atoms with van der Waals surface area (Å²) in [7, 11) is 3.08. The second kappa shape index (κ2) is 7.82. The second-order valence-electron chi connectivity index (χ2n) is 6.66. The lowest BCUT2D eigenvalue weighted by atomic mass is 10.0. The number of ether oxygens (including phenoxy) is 1. The number of hydrogen-bond acceptors (Lipinski definition) is 5. The summed E-state index contributed by atoms with van der Waals surface area (Å²) >= 11 is 0. The van der Waals surface area contributed by atoms with Crippen LogP contribution in [0, 0.1) is 13.8 Å². The molecule has 1 aliphatic heterocycles. The van der Waals surface area contributed by atoms with Crippen molar-refractivity contribution in [3.8, 4) is 0 Å². The molecule has 2 heterocycles. The van der Waals surface area contributed by atoms with Gasteiger partial charge in [-0.2, -0.15) is 0 Å². The largest absolute Gasteiger partial charge is 0.465 e. The van der Waals surface area contributed by atoms with E-state index in [1.165, 1.54) is 7.11 Å². The molecule has 1 amide bonds. The van der Waals surface area contributed by atoms with E-state index in [1.807, 2.05) is 4.90 Å². The zero-order valence-corrected chi connectivity index (χ0v) is 15.6. The van der Waals surface area contributed by atoms with Crippen LogP contribution in [-0.4, -0.2) is 72.3 Å². The van der Waals surface area contributed by atoms with E-state index in [9.17, 15) is 14.4 Å². The topological polar surface area (TPSA) is 82.7 Å². The molecule has 25 heavy (non-hydrogen) atoms. The molecule has 1 unspecified atom stereocenters. The van der Waals surface area contributed by atoms with Crippen LogP contribution in [-0.2, 0) is 9.53 Å². The molecule has 1 aromatic heterocycles. The van der Waals surface area contributed by atoms with Crippen molar-refractivity contribution < 1.29 is 19.1 Å². The Kier molecular flexibility index (Phi) is 6.00. The third-order valence-electron chi connectivity index (χ3n) is 4.96. The first-order valence-electron chi connectivity index (χ1n) is 8.57. The summed E-state index contributed by atoms with van der Waals surface area (Å²) in [6.07, 6.45) is 2.09. The number of H-pyrrole nitrogens is 1. The Morgan fingerprint density at radius 3 is 2.40 bits per heavy atom. The van der Waals surface area contributed by atoms with Crippen molar-refractivity contribution >= 4 is 17.7 Å². The number of amides is 1. The number of esters is 1. The monoisotopic (exact) mass is 349 g/mol. The zero-order valence-electron chi connectivity index (χ0n) is 15.6.